The number of hydroxylamine groups is 2. The van der Waals surface area contributed by atoms with Crippen LogP contribution in [-0.2, 0) is 9.26 Å². The molecule has 0 amide bonds. The molecule has 0 saturated heterocycles. The second-order valence-electron chi connectivity index (χ2n) is 5.58. The molecule has 0 bridgehead atoms. The van der Waals surface area contributed by atoms with Crippen molar-refractivity contribution in [2.24, 2.45) is 0 Å². The van der Waals surface area contributed by atoms with E-state index in [0.717, 1.165) is 5.75 Å². The fourth-order valence-corrected chi connectivity index (χ4v) is 3.57. The average molecular weight is 318 g/mol. The van der Waals surface area contributed by atoms with Crippen LogP contribution in [0, 0.1) is 0 Å². The van der Waals surface area contributed by atoms with Crippen LogP contribution in [0.2, 0.25) is 19.6 Å². The van der Waals surface area contributed by atoms with Gasteiger partial charge >= 0.3 is 0 Å². The van der Waals surface area contributed by atoms with Crippen LogP contribution >= 0.6 is 11.6 Å². The van der Waals surface area contributed by atoms with Gasteiger partial charge in [0.2, 0.25) is 0 Å². The van der Waals surface area contributed by atoms with Gasteiger partial charge in [0.05, 0.1) is 13.0 Å². The molecule has 1 atom stereocenters. The van der Waals surface area contributed by atoms with Gasteiger partial charge in [0.1, 0.15) is 12.4 Å². The van der Waals surface area contributed by atoms with Crippen LogP contribution in [0.3, 0.4) is 0 Å². The maximum atomic E-state index is 6.23. The number of halogens is 1. The van der Waals surface area contributed by atoms with Crippen molar-refractivity contribution in [2.75, 3.05) is 26.6 Å². The molecule has 0 heterocycles. The van der Waals surface area contributed by atoms with E-state index in [1.54, 1.807) is 19.2 Å². The molecule has 1 aromatic rings. The minimum Gasteiger partial charge on any atom is -0.489 e. The number of benzene rings is 1. The summed E-state index contributed by atoms with van der Waals surface area (Å²) in [6.45, 7) is 6.63. The Labute approximate surface area is 127 Å². The Hall–Kier alpha value is -0.593. The lowest BCUT2D eigenvalue weighted by Gasteiger charge is -2.42. The Balaban J connectivity index is 2.86. The topological polar surface area (TPSA) is 30.9 Å². The van der Waals surface area contributed by atoms with Gasteiger partial charge in [-0.15, -0.1) is 11.6 Å². The van der Waals surface area contributed by atoms with Gasteiger partial charge < -0.3 is 9.16 Å². The maximum absolute atomic E-state index is 6.23. The summed E-state index contributed by atoms with van der Waals surface area (Å²) in [5.41, 5.74) is -0.795. The summed E-state index contributed by atoms with van der Waals surface area (Å²) >= 11 is 6.17. The van der Waals surface area contributed by atoms with Crippen molar-refractivity contribution in [3.8, 4) is 5.75 Å². The molecule has 0 spiro atoms. The van der Waals surface area contributed by atoms with Gasteiger partial charge in [-0.1, -0.05) is 18.2 Å². The molecule has 114 valence electrons. The van der Waals surface area contributed by atoms with Gasteiger partial charge in [0.15, 0.2) is 14.0 Å². The third-order valence-electron chi connectivity index (χ3n) is 2.76. The third kappa shape index (κ3) is 5.07. The first kappa shape index (κ1) is 17.5. The maximum Gasteiger partial charge on any atom is 0.186 e. The number of para-hydroxylation sites is 1. The van der Waals surface area contributed by atoms with Crippen LogP contribution in [0.15, 0.2) is 30.3 Å². The van der Waals surface area contributed by atoms with Crippen molar-refractivity contribution >= 4 is 19.9 Å². The van der Waals surface area contributed by atoms with Crippen LogP contribution in [0.25, 0.3) is 0 Å². The molecule has 0 fully saturated rings. The van der Waals surface area contributed by atoms with E-state index in [0.29, 0.717) is 6.61 Å². The van der Waals surface area contributed by atoms with Crippen LogP contribution in [0.1, 0.15) is 0 Å². The number of ether oxygens (including phenoxy) is 1. The number of hydrogen-bond acceptors (Lipinski definition) is 4. The molecular weight excluding hydrogens is 294 g/mol. The molecule has 1 unspecified atom stereocenters. The summed E-state index contributed by atoms with van der Waals surface area (Å²) in [7, 11) is 1.58. The molecule has 4 nitrogen and oxygen atoms in total. The summed E-state index contributed by atoms with van der Waals surface area (Å²) in [5, 5.41) is 1.63. The monoisotopic (exact) mass is 317 g/mol. The summed E-state index contributed by atoms with van der Waals surface area (Å²) in [4.78, 5) is 5.31. The minimum atomic E-state index is -1.82. The first-order valence-corrected chi connectivity index (χ1v) is 10.5. The molecule has 1 rings (SSSR count). The van der Waals surface area contributed by atoms with Crippen molar-refractivity contribution in [1.29, 1.82) is 0 Å². The van der Waals surface area contributed by atoms with Crippen LogP contribution in [-0.4, -0.2) is 45.7 Å². The van der Waals surface area contributed by atoms with Gasteiger partial charge in [-0.2, -0.15) is 5.06 Å². The van der Waals surface area contributed by atoms with Crippen LogP contribution < -0.4 is 4.74 Å². The van der Waals surface area contributed by atoms with E-state index in [9.17, 15) is 0 Å². The molecule has 0 radical (unpaired) electrons. The number of alkyl halides is 1. The summed E-state index contributed by atoms with van der Waals surface area (Å²) < 4.78 is 12.1. The van der Waals surface area contributed by atoms with E-state index < -0.39 is 14.0 Å². The highest BCUT2D eigenvalue weighted by molar-refractivity contribution is 6.69. The first-order valence-electron chi connectivity index (χ1n) is 6.55. The fraction of sp³-hybridized carbons (Fsp3) is 0.571. The Morgan fingerprint density at radius 3 is 2.25 bits per heavy atom. The molecule has 0 aliphatic carbocycles. The lowest BCUT2D eigenvalue weighted by Crippen LogP contribution is -2.58. The Morgan fingerprint density at radius 1 is 1.20 bits per heavy atom. The highest BCUT2D eigenvalue weighted by Crippen LogP contribution is 2.25. The van der Waals surface area contributed by atoms with E-state index in [2.05, 4.69) is 19.6 Å². The number of nitrogens with zero attached hydrogens (tertiary/aromatic N) is 1. The molecule has 20 heavy (non-hydrogen) atoms. The van der Waals surface area contributed by atoms with Crippen molar-refractivity contribution in [1.82, 2.24) is 5.06 Å². The van der Waals surface area contributed by atoms with Gasteiger partial charge in [-0.3, -0.25) is 4.84 Å². The van der Waals surface area contributed by atoms with E-state index in [-0.39, 0.29) is 5.88 Å². The van der Waals surface area contributed by atoms with Crippen molar-refractivity contribution in [2.45, 2.75) is 25.4 Å². The normalized spacial score (nSPS) is 15.2. The zero-order valence-corrected chi connectivity index (χ0v) is 14.6. The highest BCUT2D eigenvalue weighted by Gasteiger charge is 2.41. The van der Waals surface area contributed by atoms with E-state index in [1.165, 1.54) is 0 Å². The molecule has 0 aromatic heterocycles. The third-order valence-corrected chi connectivity index (χ3v) is 4.17. The molecular formula is C14H24ClNO3Si. The number of rotatable bonds is 8. The van der Waals surface area contributed by atoms with E-state index in [1.807, 2.05) is 30.3 Å². The standard InChI is InChI=1S/C14H24ClNO3Si/c1-16(17-2)14(11-15,19-20(3,4)5)12-18-13-9-7-6-8-10-13/h6-10H,11-12H2,1-5H3. The van der Waals surface area contributed by atoms with E-state index >= 15 is 0 Å². The molecule has 0 N–H and O–H groups in total. The first-order chi connectivity index (χ1) is 9.33. The zero-order valence-electron chi connectivity index (χ0n) is 12.9. The molecule has 0 aliphatic heterocycles. The van der Waals surface area contributed by atoms with E-state index in [4.69, 9.17) is 25.6 Å². The second kappa shape index (κ2) is 7.43. The summed E-state index contributed by atoms with van der Waals surface area (Å²) in [6.07, 6.45) is 0. The van der Waals surface area contributed by atoms with Gasteiger partial charge in [0.25, 0.3) is 0 Å². The molecule has 0 aliphatic rings. The number of hydrogen-bond donors (Lipinski definition) is 0. The smallest absolute Gasteiger partial charge is 0.186 e. The fourth-order valence-electron chi connectivity index (χ4n) is 1.78. The zero-order chi connectivity index (χ0) is 15.2. The SMILES string of the molecule is CON(C)C(CCl)(COc1ccccc1)O[Si](C)(C)C. The van der Waals surface area contributed by atoms with Crippen molar-refractivity contribution in [3.05, 3.63) is 30.3 Å². The largest absolute Gasteiger partial charge is 0.489 e. The average Bonchev–Trinajstić information content (AvgIpc) is 2.42. The van der Waals surface area contributed by atoms with Gasteiger partial charge in [0, 0.05) is 7.05 Å². The Kier molecular flexibility index (Phi) is 6.48. The van der Waals surface area contributed by atoms with Gasteiger partial charge in [-0.25, -0.2) is 0 Å². The van der Waals surface area contributed by atoms with Crippen LogP contribution in [0.4, 0.5) is 0 Å². The lowest BCUT2D eigenvalue weighted by atomic mass is 10.3. The predicted octanol–water partition coefficient (Wildman–Crippen LogP) is 3.35. The molecule has 0 saturated carbocycles. The quantitative estimate of drug-likeness (QED) is 0.318. The van der Waals surface area contributed by atoms with Crippen LogP contribution in [0.5, 0.6) is 5.75 Å². The molecule has 1 aromatic carbocycles. The van der Waals surface area contributed by atoms with Crippen molar-refractivity contribution < 1.29 is 14.0 Å². The predicted molar refractivity (Wildman–Crippen MR) is 84.6 cm³/mol. The number of likely N-dealkylation sites (N-methyl/N-ethyl adjacent to an activating group) is 1. The highest BCUT2D eigenvalue weighted by atomic mass is 35.5. The minimum absolute atomic E-state index is 0.258. The Morgan fingerprint density at radius 2 is 1.80 bits per heavy atom. The lowest BCUT2D eigenvalue weighted by molar-refractivity contribution is -0.255. The molecule has 6 heteroatoms. The summed E-state index contributed by atoms with van der Waals surface area (Å²) in [6, 6.07) is 9.61. The second-order valence-corrected chi connectivity index (χ2v) is 10.3. The van der Waals surface area contributed by atoms with Crippen molar-refractivity contribution in [3.63, 3.8) is 0 Å². The Bertz CT molecular complexity index is 399. The van der Waals surface area contributed by atoms with Gasteiger partial charge in [-0.05, 0) is 31.8 Å². The summed E-state index contributed by atoms with van der Waals surface area (Å²) in [5.74, 6) is 1.04.